The second-order valence-electron chi connectivity index (χ2n) is 7.37. The van der Waals surface area contributed by atoms with Gasteiger partial charge in [0.2, 0.25) is 0 Å². The highest BCUT2D eigenvalue weighted by molar-refractivity contribution is 6.01. The summed E-state index contributed by atoms with van der Waals surface area (Å²) in [6.07, 6.45) is 1.78. The van der Waals surface area contributed by atoms with E-state index < -0.39 is 0 Å². The molecule has 1 heterocycles. The lowest BCUT2D eigenvalue weighted by atomic mass is 9.92. The number of phenolic OH excluding ortho intramolecular Hbond substituents is 1. The van der Waals surface area contributed by atoms with Crippen molar-refractivity contribution in [3.05, 3.63) is 59.2 Å². The zero-order chi connectivity index (χ0) is 19.4. The molecule has 2 aromatic carbocycles. The molecular formula is C23H30N2O2. The summed E-state index contributed by atoms with van der Waals surface area (Å²) >= 11 is 0. The molecule has 2 atom stereocenters. The fraction of sp³-hybridized carbons (Fsp3) is 0.435. The van der Waals surface area contributed by atoms with E-state index in [4.69, 9.17) is 9.73 Å². The van der Waals surface area contributed by atoms with Gasteiger partial charge in [-0.3, -0.25) is 10.3 Å². The van der Waals surface area contributed by atoms with Crippen molar-refractivity contribution in [2.75, 3.05) is 6.61 Å². The molecule has 0 amide bonds. The Kier molecular flexibility index (Phi) is 6.17. The molecule has 1 aliphatic heterocycles. The molecule has 0 aromatic heterocycles. The first-order chi connectivity index (χ1) is 13.0. The minimum absolute atomic E-state index is 0.00356. The lowest BCUT2D eigenvalue weighted by Gasteiger charge is -2.32. The highest BCUT2D eigenvalue weighted by Crippen LogP contribution is 2.37. The van der Waals surface area contributed by atoms with E-state index >= 15 is 0 Å². The van der Waals surface area contributed by atoms with Crippen molar-refractivity contribution < 1.29 is 9.84 Å². The van der Waals surface area contributed by atoms with E-state index in [0.29, 0.717) is 18.3 Å². The fourth-order valence-corrected chi connectivity index (χ4v) is 3.48. The normalized spacial score (nSPS) is 19.8. The van der Waals surface area contributed by atoms with Crippen molar-refractivity contribution >= 4 is 5.71 Å². The summed E-state index contributed by atoms with van der Waals surface area (Å²) < 4.78 is 5.57. The number of hydrogen-bond acceptors (Lipinski definition) is 4. The van der Waals surface area contributed by atoms with Gasteiger partial charge in [0.25, 0.3) is 0 Å². The number of benzene rings is 2. The molecule has 0 aliphatic carbocycles. The van der Waals surface area contributed by atoms with Crippen LogP contribution >= 0.6 is 0 Å². The molecule has 27 heavy (non-hydrogen) atoms. The molecule has 0 fully saturated rings. The fourth-order valence-electron chi connectivity index (χ4n) is 3.48. The highest BCUT2D eigenvalue weighted by atomic mass is 16.5. The molecule has 2 N–H and O–H groups in total. The van der Waals surface area contributed by atoms with Gasteiger partial charge in [-0.25, -0.2) is 0 Å². The molecule has 0 unspecified atom stereocenters. The van der Waals surface area contributed by atoms with Gasteiger partial charge in [-0.1, -0.05) is 57.2 Å². The first-order valence-corrected chi connectivity index (χ1v) is 9.90. The SMILES string of the molecule is CCOc1cccc([C@H]2CC(c3ccc(CC)cc3)=N[C@H](C(C)C)N2)c1O. The monoisotopic (exact) mass is 366 g/mol. The standard InChI is InChI=1S/C23H30N2O2/c1-5-16-10-12-17(13-11-16)19-14-20(25-23(24-19)15(3)4)18-8-7-9-21(22(18)26)27-6-2/h7-13,15,20,23,25-26H,5-6,14H2,1-4H3/t20-,23+/m1/s1. The lowest BCUT2D eigenvalue weighted by molar-refractivity contribution is 0.309. The van der Waals surface area contributed by atoms with Crippen molar-refractivity contribution in [3.8, 4) is 11.5 Å². The summed E-state index contributed by atoms with van der Waals surface area (Å²) in [5.41, 5.74) is 4.43. The third-order valence-corrected chi connectivity index (χ3v) is 5.10. The zero-order valence-electron chi connectivity index (χ0n) is 16.7. The van der Waals surface area contributed by atoms with Gasteiger partial charge in [-0.15, -0.1) is 0 Å². The van der Waals surface area contributed by atoms with Gasteiger partial charge in [-0.05, 0) is 36.5 Å². The largest absolute Gasteiger partial charge is 0.504 e. The highest BCUT2D eigenvalue weighted by Gasteiger charge is 2.29. The molecule has 4 heteroatoms. The summed E-state index contributed by atoms with van der Waals surface area (Å²) in [5.74, 6) is 1.12. The molecule has 1 aliphatic rings. The van der Waals surface area contributed by atoms with E-state index in [1.54, 1.807) is 0 Å². The van der Waals surface area contributed by atoms with Crippen LogP contribution in [0.3, 0.4) is 0 Å². The van der Waals surface area contributed by atoms with Gasteiger partial charge < -0.3 is 9.84 Å². The second kappa shape index (κ2) is 8.57. The average Bonchev–Trinajstić information content (AvgIpc) is 2.69. The minimum atomic E-state index is -0.00356. The molecule has 4 nitrogen and oxygen atoms in total. The van der Waals surface area contributed by atoms with Crippen molar-refractivity contribution in [1.82, 2.24) is 5.32 Å². The molecule has 2 aromatic rings. The van der Waals surface area contributed by atoms with Crippen molar-refractivity contribution in [2.45, 2.75) is 52.7 Å². The smallest absolute Gasteiger partial charge is 0.162 e. The van der Waals surface area contributed by atoms with Gasteiger partial charge in [0, 0.05) is 23.7 Å². The Labute approximate surface area is 162 Å². The van der Waals surface area contributed by atoms with Crippen LogP contribution in [0.4, 0.5) is 0 Å². The number of nitrogens with zero attached hydrogens (tertiary/aromatic N) is 1. The molecule has 0 radical (unpaired) electrons. The van der Waals surface area contributed by atoms with E-state index in [0.717, 1.165) is 29.7 Å². The number of nitrogens with one attached hydrogen (secondary N) is 1. The molecule has 3 rings (SSSR count). The maximum atomic E-state index is 10.7. The van der Waals surface area contributed by atoms with Crippen LogP contribution in [0.2, 0.25) is 0 Å². The predicted octanol–water partition coefficient (Wildman–Crippen LogP) is 4.86. The zero-order valence-corrected chi connectivity index (χ0v) is 16.7. The van der Waals surface area contributed by atoms with Crippen LogP contribution in [-0.4, -0.2) is 23.6 Å². The minimum Gasteiger partial charge on any atom is -0.504 e. The Morgan fingerprint density at radius 2 is 1.89 bits per heavy atom. The van der Waals surface area contributed by atoms with Crippen LogP contribution in [-0.2, 0) is 6.42 Å². The van der Waals surface area contributed by atoms with Gasteiger partial charge in [-0.2, -0.15) is 0 Å². The van der Waals surface area contributed by atoms with Crippen molar-refractivity contribution in [2.24, 2.45) is 10.9 Å². The summed E-state index contributed by atoms with van der Waals surface area (Å²) in [7, 11) is 0. The van der Waals surface area contributed by atoms with E-state index in [1.165, 1.54) is 5.56 Å². The third kappa shape index (κ3) is 4.33. The number of aryl methyl sites for hydroxylation is 1. The summed E-state index contributed by atoms with van der Waals surface area (Å²) in [6, 6.07) is 14.4. The number of aliphatic imine (C=N–C) groups is 1. The molecule has 0 bridgehead atoms. The number of ether oxygens (including phenoxy) is 1. The summed E-state index contributed by atoms with van der Waals surface area (Å²) in [6.45, 7) is 8.94. The van der Waals surface area contributed by atoms with Crippen molar-refractivity contribution in [1.29, 1.82) is 0 Å². The molecule has 0 saturated heterocycles. The Morgan fingerprint density at radius 3 is 2.52 bits per heavy atom. The quantitative estimate of drug-likeness (QED) is 0.768. The predicted molar refractivity (Wildman–Crippen MR) is 111 cm³/mol. The second-order valence-corrected chi connectivity index (χ2v) is 7.37. The van der Waals surface area contributed by atoms with E-state index in [1.807, 2.05) is 25.1 Å². The molecule has 0 spiro atoms. The van der Waals surface area contributed by atoms with Gasteiger partial charge in [0.1, 0.15) is 6.17 Å². The van der Waals surface area contributed by atoms with E-state index in [2.05, 4.69) is 50.4 Å². The maximum absolute atomic E-state index is 10.7. The maximum Gasteiger partial charge on any atom is 0.162 e. The third-order valence-electron chi connectivity index (χ3n) is 5.10. The van der Waals surface area contributed by atoms with Crippen LogP contribution in [0.5, 0.6) is 11.5 Å². The van der Waals surface area contributed by atoms with Crippen LogP contribution in [0, 0.1) is 5.92 Å². The van der Waals surface area contributed by atoms with Crippen LogP contribution in [0.25, 0.3) is 0 Å². The molecule has 0 saturated carbocycles. The van der Waals surface area contributed by atoms with Gasteiger partial charge in [0.05, 0.1) is 6.61 Å². The van der Waals surface area contributed by atoms with E-state index in [-0.39, 0.29) is 18.0 Å². The molecular weight excluding hydrogens is 336 g/mol. The Hall–Kier alpha value is -2.33. The number of aromatic hydroxyl groups is 1. The van der Waals surface area contributed by atoms with Gasteiger partial charge in [0.15, 0.2) is 11.5 Å². The summed E-state index contributed by atoms with van der Waals surface area (Å²) in [5, 5.41) is 14.3. The Balaban J connectivity index is 1.94. The number of rotatable bonds is 6. The van der Waals surface area contributed by atoms with Gasteiger partial charge >= 0.3 is 0 Å². The van der Waals surface area contributed by atoms with Crippen molar-refractivity contribution in [3.63, 3.8) is 0 Å². The number of phenols is 1. The number of para-hydroxylation sites is 1. The summed E-state index contributed by atoms with van der Waals surface area (Å²) in [4.78, 5) is 4.96. The first kappa shape index (κ1) is 19.4. The first-order valence-electron chi connectivity index (χ1n) is 9.90. The van der Waals surface area contributed by atoms with Crippen LogP contribution < -0.4 is 10.1 Å². The Bertz CT molecular complexity index is 797. The average molecular weight is 367 g/mol. The van der Waals surface area contributed by atoms with Crippen LogP contribution in [0.1, 0.15) is 56.8 Å². The number of hydrogen-bond donors (Lipinski definition) is 2. The Morgan fingerprint density at radius 1 is 1.15 bits per heavy atom. The molecule has 144 valence electrons. The lowest BCUT2D eigenvalue weighted by Crippen LogP contribution is -2.41. The van der Waals surface area contributed by atoms with Crippen LogP contribution in [0.15, 0.2) is 47.5 Å². The topological polar surface area (TPSA) is 53.8 Å². The van der Waals surface area contributed by atoms with E-state index in [9.17, 15) is 5.11 Å².